The second kappa shape index (κ2) is 4.75. The summed E-state index contributed by atoms with van der Waals surface area (Å²) in [6, 6.07) is 4.29. The standard InChI is InChI=1S/C13H14F3NO2/c1-8-2-5-11(10(6-8)12(18)19)17(9-3-4-9)7-13(14,15)16/h2,5-6,9H,3-4,7H2,1H3,(H,18,19). The molecule has 2 rings (SSSR count). The first-order valence-corrected chi connectivity index (χ1v) is 5.95. The van der Waals surface area contributed by atoms with Crippen LogP contribution in [0.5, 0.6) is 0 Å². The molecule has 0 unspecified atom stereocenters. The summed E-state index contributed by atoms with van der Waals surface area (Å²) >= 11 is 0. The number of benzene rings is 1. The fourth-order valence-electron chi connectivity index (χ4n) is 2.06. The van der Waals surface area contributed by atoms with Crippen molar-refractivity contribution in [2.45, 2.75) is 32.0 Å². The molecule has 1 aliphatic rings. The van der Waals surface area contributed by atoms with Crippen LogP contribution in [0.15, 0.2) is 18.2 Å². The van der Waals surface area contributed by atoms with E-state index in [0.717, 1.165) is 4.90 Å². The summed E-state index contributed by atoms with van der Waals surface area (Å²) in [4.78, 5) is 12.3. The lowest BCUT2D eigenvalue weighted by Crippen LogP contribution is -2.36. The van der Waals surface area contributed by atoms with Crippen LogP contribution >= 0.6 is 0 Å². The van der Waals surface area contributed by atoms with Gasteiger partial charge >= 0.3 is 12.1 Å². The third-order valence-corrected chi connectivity index (χ3v) is 3.03. The average molecular weight is 273 g/mol. The van der Waals surface area contributed by atoms with Crippen LogP contribution in [-0.4, -0.2) is 29.8 Å². The van der Waals surface area contributed by atoms with Gasteiger partial charge in [0.25, 0.3) is 0 Å². The van der Waals surface area contributed by atoms with Crippen LogP contribution in [0.25, 0.3) is 0 Å². The summed E-state index contributed by atoms with van der Waals surface area (Å²) in [5.41, 5.74) is 0.790. The Hall–Kier alpha value is -1.72. The Morgan fingerprint density at radius 2 is 2.05 bits per heavy atom. The molecule has 1 aromatic rings. The van der Waals surface area contributed by atoms with Crippen molar-refractivity contribution in [3.8, 4) is 0 Å². The fraction of sp³-hybridized carbons (Fsp3) is 0.462. The predicted octanol–water partition coefficient (Wildman–Crippen LogP) is 3.22. The second-order valence-corrected chi connectivity index (χ2v) is 4.80. The highest BCUT2D eigenvalue weighted by molar-refractivity contribution is 5.94. The van der Waals surface area contributed by atoms with Crippen LogP contribution in [0, 0.1) is 6.92 Å². The molecule has 0 spiro atoms. The molecular formula is C13H14F3NO2. The van der Waals surface area contributed by atoms with Crippen molar-refractivity contribution in [1.29, 1.82) is 0 Å². The number of rotatable bonds is 4. The van der Waals surface area contributed by atoms with E-state index in [1.165, 1.54) is 12.1 Å². The molecule has 0 saturated heterocycles. The Balaban J connectivity index is 2.39. The van der Waals surface area contributed by atoms with Gasteiger partial charge in [0, 0.05) is 6.04 Å². The third-order valence-electron chi connectivity index (χ3n) is 3.03. The Morgan fingerprint density at radius 3 is 2.53 bits per heavy atom. The van der Waals surface area contributed by atoms with E-state index in [1.807, 2.05) is 0 Å². The Kier molecular flexibility index (Phi) is 3.43. The van der Waals surface area contributed by atoms with E-state index < -0.39 is 18.7 Å². The normalized spacial score (nSPS) is 15.4. The van der Waals surface area contributed by atoms with Gasteiger partial charge in [0.1, 0.15) is 6.54 Å². The quantitative estimate of drug-likeness (QED) is 0.915. The van der Waals surface area contributed by atoms with Gasteiger partial charge < -0.3 is 10.0 Å². The van der Waals surface area contributed by atoms with Crippen molar-refractivity contribution in [3.63, 3.8) is 0 Å². The maximum absolute atomic E-state index is 12.6. The number of carboxylic acid groups (broad SMARTS) is 1. The number of halogens is 3. The van der Waals surface area contributed by atoms with Crippen molar-refractivity contribution in [2.75, 3.05) is 11.4 Å². The number of hydrogen-bond donors (Lipinski definition) is 1. The van der Waals surface area contributed by atoms with E-state index in [2.05, 4.69) is 0 Å². The third kappa shape index (κ3) is 3.39. The molecular weight excluding hydrogens is 259 g/mol. The molecule has 0 aromatic heterocycles. The van der Waals surface area contributed by atoms with Crippen molar-refractivity contribution in [2.24, 2.45) is 0 Å². The number of carbonyl (C=O) groups is 1. The van der Waals surface area contributed by atoms with Gasteiger partial charge in [-0.05, 0) is 31.9 Å². The molecule has 0 bridgehead atoms. The summed E-state index contributed by atoms with van der Waals surface area (Å²) < 4.78 is 37.8. The van der Waals surface area contributed by atoms with Gasteiger partial charge in [-0.1, -0.05) is 11.6 Å². The number of aromatic carboxylic acids is 1. The van der Waals surface area contributed by atoms with Crippen molar-refractivity contribution in [3.05, 3.63) is 29.3 Å². The SMILES string of the molecule is Cc1ccc(N(CC(F)(F)F)C2CC2)c(C(=O)O)c1. The molecule has 1 aliphatic carbocycles. The summed E-state index contributed by atoms with van der Waals surface area (Å²) in [6.45, 7) is 0.600. The number of anilines is 1. The molecule has 1 N–H and O–H groups in total. The van der Waals surface area contributed by atoms with Crippen LogP contribution in [0.3, 0.4) is 0 Å². The molecule has 6 heteroatoms. The molecule has 3 nitrogen and oxygen atoms in total. The van der Waals surface area contributed by atoms with Gasteiger partial charge in [0.2, 0.25) is 0 Å². The highest BCUT2D eigenvalue weighted by Crippen LogP contribution is 2.36. The molecule has 1 fully saturated rings. The number of carboxylic acids is 1. The van der Waals surface area contributed by atoms with Crippen LogP contribution in [0.4, 0.5) is 18.9 Å². The minimum atomic E-state index is -4.34. The Labute approximate surface area is 108 Å². The van der Waals surface area contributed by atoms with Crippen LogP contribution < -0.4 is 4.90 Å². The van der Waals surface area contributed by atoms with Crippen molar-refractivity contribution < 1.29 is 23.1 Å². The number of hydrogen-bond acceptors (Lipinski definition) is 2. The topological polar surface area (TPSA) is 40.5 Å². The monoisotopic (exact) mass is 273 g/mol. The lowest BCUT2D eigenvalue weighted by atomic mass is 10.1. The molecule has 1 saturated carbocycles. The van der Waals surface area contributed by atoms with Crippen molar-refractivity contribution in [1.82, 2.24) is 0 Å². The zero-order valence-electron chi connectivity index (χ0n) is 10.4. The highest BCUT2D eigenvalue weighted by atomic mass is 19.4. The zero-order valence-corrected chi connectivity index (χ0v) is 10.4. The number of nitrogens with zero attached hydrogens (tertiary/aromatic N) is 1. The molecule has 0 radical (unpaired) electrons. The van der Waals surface area contributed by atoms with Gasteiger partial charge in [0.05, 0.1) is 11.3 Å². The second-order valence-electron chi connectivity index (χ2n) is 4.80. The maximum atomic E-state index is 12.6. The molecule has 0 heterocycles. The first-order chi connectivity index (χ1) is 8.78. The lowest BCUT2D eigenvalue weighted by Gasteiger charge is -2.27. The summed E-state index contributed by atoms with van der Waals surface area (Å²) in [5, 5.41) is 9.13. The van der Waals surface area contributed by atoms with Gasteiger partial charge in [0.15, 0.2) is 0 Å². The van der Waals surface area contributed by atoms with E-state index in [9.17, 15) is 18.0 Å². The summed E-state index contributed by atoms with van der Waals surface area (Å²) in [6.07, 6.45) is -3.00. The molecule has 0 amide bonds. The van der Waals surface area contributed by atoms with Gasteiger partial charge in [-0.25, -0.2) is 4.79 Å². The average Bonchev–Trinajstić information content (AvgIpc) is 3.08. The van der Waals surface area contributed by atoms with Gasteiger partial charge in [-0.15, -0.1) is 0 Å². The van der Waals surface area contributed by atoms with Gasteiger partial charge in [-0.2, -0.15) is 13.2 Å². The first-order valence-electron chi connectivity index (χ1n) is 5.95. The van der Waals surface area contributed by atoms with E-state index in [-0.39, 0.29) is 17.3 Å². The first kappa shape index (κ1) is 13.7. The Morgan fingerprint density at radius 1 is 1.42 bits per heavy atom. The molecule has 1 aromatic carbocycles. The highest BCUT2D eigenvalue weighted by Gasteiger charge is 2.39. The minimum absolute atomic E-state index is 0.0730. The van der Waals surface area contributed by atoms with Crippen molar-refractivity contribution >= 4 is 11.7 Å². The van der Waals surface area contributed by atoms with E-state index in [0.29, 0.717) is 18.4 Å². The van der Waals surface area contributed by atoms with Crippen LogP contribution in [0.1, 0.15) is 28.8 Å². The number of alkyl halides is 3. The molecule has 0 aliphatic heterocycles. The molecule has 104 valence electrons. The zero-order chi connectivity index (χ0) is 14.2. The van der Waals surface area contributed by atoms with E-state index in [4.69, 9.17) is 5.11 Å². The van der Waals surface area contributed by atoms with E-state index >= 15 is 0 Å². The lowest BCUT2D eigenvalue weighted by molar-refractivity contribution is -0.120. The largest absolute Gasteiger partial charge is 0.478 e. The van der Waals surface area contributed by atoms with Crippen LogP contribution in [0.2, 0.25) is 0 Å². The smallest absolute Gasteiger partial charge is 0.405 e. The Bertz CT molecular complexity index is 495. The van der Waals surface area contributed by atoms with Gasteiger partial charge in [-0.3, -0.25) is 0 Å². The van der Waals surface area contributed by atoms with E-state index in [1.54, 1.807) is 13.0 Å². The molecule has 0 atom stereocenters. The van der Waals surface area contributed by atoms with Crippen LogP contribution in [-0.2, 0) is 0 Å². The number of aryl methyl sites for hydroxylation is 1. The summed E-state index contributed by atoms with van der Waals surface area (Å²) in [7, 11) is 0. The molecule has 19 heavy (non-hydrogen) atoms. The summed E-state index contributed by atoms with van der Waals surface area (Å²) in [5.74, 6) is -1.20. The fourth-order valence-corrected chi connectivity index (χ4v) is 2.06. The minimum Gasteiger partial charge on any atom is -0.478 e. The predicted molar refractivity (Wildman–Crippen MR) is 64.6 cm³/mol. The maximum Gasteiger partial charge on any atom is 0.405 e.